The average Bonchev–Trinajstić information content (AvgIpc) is 3.03. The maximum Gasteiger partial charge on any atom is 0.165 e. The number of aromatic hydroxyl groups is 1. The number of benzene rings is 1. The second-order valence-corrected chi connectivity index (χ2v) is 4.46. The summed E-state index contributed by atoms with van der Waals surface area (Å²) in [5.41, 5.74) is 5.84. The van der Waals surface area contributed by atoms with Crippen LogP contribution in [0.4, 0.5) is 4.39 Å². The predicted molar refractivity (Wildman–Crippen MR) is 59.6 cm³/mol. The van der Waals surface area contributed by atoms with Crippen LogP contribution in [0, 0.1) is 5.82 Å². The Morgan fingerprint density at radius 3 is 2.69 bits per heavy atom. The number of halogens is 2. The van der Waals surface area contributed by atoms with Crippen molar-refractivity contribution >= 4 is 11.6 Å². The Kier molecular flexibility index (Phi) is 2.72. The van der Waals surface area contributed by atoms with Gasteiger partial charge in [-0.05, 0) is 12.8 Å². The van der Waals surface area contributed by atoms with E-state index >= 15 is 0 Å². The van der Waals surface area contributed by atoms with Gasteiger partial charge in [0.05, 0.1) is 12.1 Å². The molecule has 0 saturated heterocycles. The lowest BCUT2D eigenvalue weighted by Crippen LogP contribution is -2.21. The largest absolute Gasteiger partial charge is 0.504 e. The summed E-state index contributed by atoms with van der Waals surface area (Å²) in [5.74, 6) is -0.650. The van der Waals surface area contributed by atoms with Crippen LogP contribution in [0.25, 0.3) is 0 Å². The topological polar surface area (TPSA) is 55.5 Å². The van der Waals surface area contributed by atoms with Gasteiger partial charge in [0.15, 0.2) is 11.5 Å². The van der Waals surface area contributed by atoms with Crippen LogP contribution < -0.4 is 10.5 Å². The minimum Gasteiger partial charge on any atom is -0.504 e. The fraction of sp³-hybridized carbons (Fsp3) is 0.455. The SMILES string of the molecule is COc1c(O)cc(F)c(Cl)c1C1(CN)CC1. The van der Waals surface area contributed by atoms with Crippen molar-refractivity contribution in [1.29, 1.82) is 0 Å². The van der Waals surface area contributed by atoms with Crippen LogP contribution in [0.2, 0.25) is 5.02 Å². The van der Waals surface area contributed by atoms with Gasteiger partial charge in [-0.25, -0.2) is 4.39 Å². The van der Waals surface area contributed by atoms with Crippen LogP contribution in [-0.4, -0.2) is 18.8 Å². The number of ether oxygens (including phenoxy) is 1. The molecule has 0 atom stereocenters. The Bertz CT molecular complexity index is 432. The van der Waals surface area contributed by atoms with E-state index in [0.29, 0.717) is 12.1 Å². The highest BCUT2D eigenvalue weighted by molar-refractivity contribution is 6.32. The van der Waals surface area contributed by atoms with E-state index in [0.717, 1.165) is 18.9 Å². The standard InChI is InChI=1S/C11H13ClFNO2/c1-16-10-7(15)4-6(13)9(12)8(10)11(5-14)2-3-11/h4,15H,2-3,5,14H2,1H3. The summed E-state index contributed by atoms with van der Waals surface area (Å²) in [6.45, 7) is 0.367. The van der Waals surface area contributed by atoms with Gasteiger partial charge in [-0.2, -0.15) is 0 Å². The highest BCUT2D eigenvalue weighted by Crippen LogP contribution is 2.55. The molecule has 1 aliphatic rings. The van der Waals surface area contributed by atoms with Crippen LogP contribution in [0.5, 0.6) is 11.5 Å². The fourth-order valence-electron chi connectivity index (χ4n) is 1.98. The van der Waals surface area contributed by atoms with Crippen molar-refractivity contribution in [2.24, 2.45) is 5.73 Å². The van der Waals surface area contributed by atoms with Crippen molar-refractivity contribution in [2.75, 3.05) is 13.7 Å². The molecular formula is C11H13ClFNO2. The first-order valence-electron chi connectivity index (χ1n) is 5.01. The summed E-state index contributed by atoms with van der Waals surface area (Å²) in [5, 5.41) is 9.62. The maximum absolute atomic E-state index is 13.5. The van der Waals surface area contributed by atoms with E-state index in [9.17, 15) is 9.50 Å². The van der Waals surface area contributed by atoms with Crippen molar-refractivity contribution in [3.05, 3.63) is 22.5 Å². The van der Waals surface area contributed by atoms with Crippen LogP contribution in [0.3, 0.4) is 0 Å². The molecule has 1 aromatic rings. The molecule has 2 rings (SSSR count). The Balaban J connectivity index is 2.66. The van der Waals surface area contributed by atoms with Gasteiger partial charge in [0.1, 0.15) is 5.82 Å². The zero-order valence-corrected chi connectivity index (χ0v) is 9.64. The van der Waals surface area contributed by atoms with E-state index in [1.54, 1.807) is 0 Å². The second-order valence-electron chi connectivity index (χ2n) is 4.08. The quantitative estimate of drug-likeness (QED) is 0.858. The van der Waals surface area contributed by atoms with Gasteiger partial charge >= 0.3 is 0 Å². The van der Waals surface area contributed by atoms with Crippen molar-refractivity contribution in [3.8, 4) is 11.5 Å². The van der Waals surface area contributed by atoms with E-state index in [2.05, 4.69) is 0 Å². The Morgan fingerprint density at radius 1 is 1.62 bits per heavy atom. The van der Waals surface area contributed by atoms with Gasteiger partial charge in [-0.15, -0.1) is 0 Å². The van der Waals surface area contributed by atoms with Crippen LogP contribution in [-0.2, 0) is 5.41 Å². The van der Waals surface area contributed by atoms with E-state index in [-0.39, 0.29) is 21.9 Å². The Labute approximate surface area is 98.0 Å². The van der Waals surface area contributed by atoms with Crippen LogP contribution in [0.1, 0.15) is 18.4 Å². The van der Waals surface area contributed by atoms with Crippen molar-refractivity contribution in [3.63, 3.8) is 0 Å². The molecule has 1 fully saturated rings. The van der Waals surface area contributed by atoms with E-state index in [1.165, 1.54) is 7.11 Å². The number of phenols is 1. The highest BCUT2D eigenvalue weighted by Gasteiger charge is 2.47. The van der Waals surface area contributed by atoms with Gasteiger partial charge in [-0.3, -0.25) is 0 Å². The van der Waals surface area contributed by atoms with Crippen LogP contribution in [0.15, 0.2) is 6.07 Å². The summed E-state index contributed by atoms with van der Waals surface area (Å²) in [7, 11) is 1.42. The molecule has 0 bridgehead atoms. The number of nitrogens with two attached hydrogens (primary N) is 1. The monoisotopic (exact) mass is 245 g/mol. The molecule has 0 unspecified atom stereocenters. The Hall–Kier alpha value is -1.00. The number of hydrogen-bond donors (Lipinski definition) is 2. The number of phenolic OH excluding ortho intramolecular Hbond substituents is 1. The van der Waals surface area contributed by atoms with Crippen molar-refractivity contribution < 1.29 is 14.2 Å². The smallest absolute Gasteiger partial charge is 0.165 e. The van der Waals surface area contributed by atoms with Gasteiger partial charge in [0, 0.05) is 23.6 Å². The first-order valence-corrected chi connectivity index (χ1v) is 5.39. The summed E-state index contributed by atoms with van der Waals surface area (Å²) in [6.07, 6.45) is 1.67. The molecule has 0 radical (unpaired) electrons. The second kappa shape index (κ2) is 3.79. The summed E-state index contributed by atoms with van der Waals surface area (Å²) in [6, 6.07) is 0.956. The number of methoxy groups -OCH3 is 1. The molecule has 0 heterocycles. The first-order chi connectivity index (χ1) is 7.55. The van der Waals surface area contributed by atoms with Crippen molar-refractivity contribution in [2.45, 2.75) is 18.3 Å². The summed E-state index contributed by atoms with van der Waals surface area (Å²) < 4.78 is 18.5. The minimum absolute atomic E-state index is 0.00222. The van der Waals surface area contributed by atoms with Gasteiger partial charge in [0.2, 0.25) is 0 Å². The molecule has 0 spiro atoms. The third kappa shape index (κ3) is 1.53. The molecule has 1 aromatic carbocycles. The lowest BCUT2D eigenvalue weighted by atomic mass is 9.94. The molecule has 88 valence electrons. The molecule has 5 heteroatoms. The van der Waals surface area contributed by atoms with E-state index in [1.807, 2.05) is 0 Å². The summed E-state index contributed by atoms with van der Waals surface area (Å²) >= 11 is 5.93. The molecular weight excluding hydrogens is 233 g/mol. The molecule has 3 N–H and O–H groups in total. The lowest BCUT2D eigenvalue weighted by Gasteiger charge is -2.19. The van der Waals surface area contributed by atoms with Crippen molar-refractivity contribution in [1.82, 2.24) is 0 Å². The normalized spacial score (nSPS) is 17.2. The zero-order chi connectivity index (χ0) is 11.9. The molecule has 0 amide bonds. The summed E-state index contributed by atoms with van der Waals surface area (Å²) in [4.78, 5) is 0. The molecule has 0 aromatic heterocycles. The molecule has 3 nitrogen and oxygen atoms in total. The third-order valence-corrected chi connectivity index (χ3v) is 3.50. The highest BCUT2D eigenvalue weighted by atomic mass is 35.5. The Morgan fingerprint density at radius 2 is 2.25 bits per heavy atom. The zero-order valence-electron chi connectivity index (χ0n) is 8.89. The minimum atomic E-state index is -0.644. The molecule has 16 heavy (non-hydrogen) atoms. The van der Waals surface area contributed by atoms with Crippen LogP contribution >= 0.6 is 11.6 Å². The van der Waals surface area contributed by atoms with Gasteiger partial charge in [-0.1, -0.05) is 11.6 Å². The lowest BCUT2D eigenvalue weighted by molar-refractivity contribution is 0.362. The third-order valence-electron chi connectivity index (χ3n) is 3.13. The molecule has 1 saturated carbocycles. The first kappa shape index (κ1) is 11.5. The fourth-order valence-corrected chi connectivity index (χ4v) is 2.32. The molecule has 1 aliphatic carbocycles. The number of hydrogen-bond acceptors (Lipinski definition) is 3. The maximum atomic E-state index is 13.5. The van der Waals surface area contributed by atoms with E-state index < -0.39 is 5.82 Å². The molecule has 0 aliphatic heterocycles. The van der Waals surface area contributed by atoms with E-state index in [4.69, 9.17) is 22.1 Å². The number of rotatable bonds is 3. The van der Waals surface area contributed by atoms with Gasteiger partial charge in [0.25, 0.3) is 0 Å². The van der Waals surface area contributed by atoms with Gasteiger partial charge < -0.3 is 15.6 Å². The average molecular weight is 246 g/mol. The predicted octanol–water partition coefficient (Wildman–Crippen LogP) is 2.18.